The summed E-state index contributed by atoms with van der Waals surface area (Å²) in [5.41, 5.74) is 3.63. The Kier molecular flexibility index (Phi) is 5.73. The lowest BCUT2D eigenvalue weighted by atomic mass is 9.98. The van der Waals surface area contributed by atoms with Crippen LogP contribution in [-0.4, -0.2) is 38.9 Å². The highest BCUT2D eigenvalue weighted by molar-refractivity contribution is 6.31. The summed E-state index contributed by atoms with van der Waals surface area (Å²) in [6.45, 7) is 1.32. The molecule has 0 N–H and O–H groups in total. The van der Waals surface area contributed by atoms with E-state index in [-0.39, 0.29) is 17.9 Å². The van der Waals surface area contributed by atoms with Crippen molar-refractivity contribution in [3.8, 4) is 0 Å². The first-order chi connectivity index (χ1) is 15.7. The molecule has 1 fully saturated rings. The van der Waals surface area contributed by atoms with Gasteiger partial charge in [-0.05, 0) is 29.2 Å². The van der Waals surface area contributed by atoms with Crippen LogP contribution in [0.25, 0.3) is 0 Å². The summed E-state index contributed by atoms with van der Waals surface area (Å²) in [6.07, 6.45) is 2.65. The van der Waals surface area contributed by atoms with Gasteiger partial charge in [-0.25, -0.2) is 4.68 Å². The van der Waals surface area contributed by atoms with E-state index in [0.29, 0.717) is 18.8 Å². The molecule has 0 bridgehead atoms. The van der Waals surface area contributed by atoms with Crippen LogP contribution in [-0.2, 0) is 0 Å². The maximum atomic E-state index is 13.2. The first kappa shape index (κ1) is 20.5. The lowest BCUT2D eigenvalue weighted by Crippen LogP contribution is -2.28. The molecule has 3 aromatic carbocycles. The van der Waals surface area contributed by atoms with E-state index in [1.807, 2.05) is 65.6 Å². The number of rotatable bonds is 5. The van der Waals surface area contributed by atoms with Crippen LogP contribution in [0.2, 0.25) is 5.02 Å². The van der Waals surface area contributed by atoms with Crippen LogP contribution in [0.5, 0.6) is 0 Å². The molecule has 6 heteroatoms. The molecular formula is C26H23ClN4O. The van der Waals surface area contributed by atoms with Crippen molar-refractivity contribution in [2.24, 2.45) is 0 Å². The minimum atomic E-state index is -0.152. The van der Waals surface area contributed by atoms with Gasteiger partial charge in [0, 0.05) is 24.0 Å². The molecule has 0 saturated carbocycles. The first-order valence-corrected chi connectivity index (χ1v) is 11.1. The smallest absolute Gasteiger partial charge is 0.276 e. The van der Waals surface area contributed by atoms with Gasteiger partial charge in [0.15, 0.2) is 5.69 Å². The van der Waals surface area contributed by atoms with Gasteiger partial charge < -0.3 is 4.90 Å². The number of likely N-dealkylation sites (tertiary alicyclic amines) is 1. The normalized spacial score (nSPS) is 15.9. The van der Waals surface area contributed by atoms with E-state index in [1.165, 1.54) is 0 Å². The van der Waals surface area contributed by atoms with Crippen molar-refractivity contribution in [2.45, 2.75) is 18.4 Å². The number of halogens is 1. The van der Waals surface area contributed by atoms with Crippen LogP contribution in [0.1, 0.15) is 45.6 Å². The predicted molar refractivity (Wildman–Crippen MR) is 125 cm³/mol. The Morgan fingerprint density at radius 2 is 1.53 bits per heavy atom. The first-order valence-electron chi connectivity index (χ1n) is 10.8. The number of amides is 1. The van der Waals surface area contributed by atoms with Gasteiger partial charge in [0.2, 0.25) is 0 Å². The Labute approximate surface area is 192 Å². The van der Waals surface area contributed by atoms with Gasteiger partial charge >= 0.3 is 0 Å². The van der Waals surface area contributed by atoms with Gasteiger partial charge in [-0.2, -0.15) is 0 Å². The van der Waals surface area contributed by atoms with Crippen LogP contribution in [0.3, 0.4) is 0 Å². The van der Waals surface area contributed by atoms with E-state index < -0.39 is 0 Å². The lowest BCUT2D eigenvalue weighted by Gasteiger charge is -2.18. The second-order valence-electron chi connectivity index (χ2n) is 8.07. The molecule has 0 radical (unpaired) electrons. The van der Waals surface area contributed by atoms with Crippen molar-refractivity contribution < 1.29 is 4.79 Å². The maximum Gasteiger partial charge on any atom is 0.276 e. The summed E-state index contributed by atoms with van der Waals surface area (Å²) in [4.78, 5) is 15.0. The highest BCUT2D eigenvalue weighted by Crippen LogP contribution is 2.32. The molecule has 0 aliphatic carbocycles. The average Bonchev–Trinajstić information content (AvgIpc) is 3.51. The summed E-state index contributed by atoms with van der Waals surface area (Å²) in [6, 6.07) is 28.0. The van der Waals surface area contributed by atoms with Crippen molar-refractivity contribution in [3.05, 3.63) is 119 Å². The minimum absolute atomic E-state index is 0.0920. The fourth-order valence-corrected chi connectivity index (χ4v) is 4.73. The number of hydrogen-bond acceptors (Lipinski definition) is 3. The number of hydrogen-bond donors (Lipinski definition) is 0. The van der Waals surface area contributed by atoms with Crippen molar-refractivity contribution in [2.75, 3.05) is 13.1 Å². The summed E-state index contributed by atoms with van der Waals surface area (Å²) in [7, 11) is 0. The molecule has 32 heavy (non-hydrogen) atoms. The third kappa shape index (κ3) is 4.04. The lowest BCUT2D eigenvalue weighted by molar-refractivity contribution is 0.0785. The number of carbonyl (C=O) groups excluding carboxylic acids is 1. The molecule has 5 rings (SSSR count). The zero-order chi connectivity index (χ0) is 21.9. The monoisotopic (exact) mass is 442 g/mol. The summed E-state index contributed by atoms with van der Waals surface area (Å²) in [5.74, 6) is 0.148. The SMILES string of the molecule is O=C(c1cn(C(c2ccccc2)c2ccccc2)nn1)N1CCC(c2ccccc2Cl)C1. The minimum Gasteiger partial charge on any atom is -0.337 e. The van der Waals surface area contributed by atoms with E-state index in [4.69, 9.17) is 11.6 Å². The molecular weight excluding hydrogens is 420 g/mol. The third-order valence-corrected chi connectivity index (χ3v) is 6.39. The topological polar surface area (TPSA) is 51.0 Å². The molecule has 1 atom stereocenters. The molecule has 2 heterocycles. The van der Waals surface area contributed by atoms with Gasteiger partial charge in [0.1, 0.15) is 6.04 Å². The van der Waals surface area contributed by atoms with E-state index in [1.54, 1.807) is 10.9 Å². The zero-order valence-electron chi connectivity index (χ0n) is 17.5. The Morgan fingerprint density at radius 1 is 0.906 bits per heavy atom. The van der Waals surface area contributed by atoms with Gasteiger partial charge in [-0.15, -0.1) is 5.10 Å². The number of carbonyl (C=O) groups is 1. The van der Waals surface area contributed by atoms with Gasteiger partial charge in [-0.3, -0.25) is 4.79 Å². The van der Waals surface area contributed by atoms with Crippen LogP contribution in [0.15, 0.2) is 91.1 Å². The molecule has 1 amide bonds. The van der Waals surface area contributed by atoms with Crippen molar-refractivity contribution in [1.82, 2.24) is 19.9 Å². The fourth-order valence-electron chi connectivity index (χ4n) is 4.44. The molecule has 4 aromatic rings. The van der Waals surface area contributed by atoms with Crippen molar-refractivity contribution >= 4 is 17.5 Å². The predicted octanol–water partition coefficient (Wildman–Crippen LogP) is 5.20. The van der Waals surface area contributed by atoms with Crippen LogP contribution in [0, 0.1) is 0 Å². The fraction of sp³-hybridized carbons (Fsp3) is 0.192. The third-order valence-electron chi connectivity index (χ3n) is 6.05. The van der Waals surface area contributed by atoms with Crippen molar-refractivity contribution in [1.29, 1.82) is 0 Å². The molecule has 1 aliphatic rings. The molecule has 1 aliphatic heterocycles. The van der Waals surface area contributed by atoms with Crippen LogP contribution < -0.4 is 0 Å². The largest absolute Gasteiger partial charge is 0.337 e. The Hall–Kier alpha value is -3.44. The van der Waals surface area contributed by atoms with E-state index in [0.717, 1.165) is 28.1 Å². The second kappa shape index (κ2) is 8.97. The molecule has 1 saturated heterocycles. The highest BCUT2D eigenvalue weighted by Gasteiger charge is 2.31. The van der Waals surface area contributed by atoms with Crippen LogP contribution >= 0.6 is 11.6 Å². The summed E-state index contributed by atoms with van der Waals surface area (Å²) >= 11 is 6.37. The number of benzene rings is 3. The quantitative estimate of drug-likeness (QED) is 0.427. The second-order valence-corrected chi connectivity index (χ2v) is 8.47. The standard InChI is InChI=1S/C26H23ClN4O/c27-23-14-8-7-13-22(23)21-15-16-30(17-21)26(32)24-18-31(29-28-24)25(19-9-3-1-4-10-19)20-11-5-2-6-12-20/h1-14,18,21,25H,15-17H2. The number of aromatic nitrogens is 3. The average molecular weight is 443 g/mol. The highest BCUT2D eigenvalue weighted by atomic mass is 35.5. The van der Waals surface area contributed by atoms with Gasteiger partial charge in [-0.1, -0.05) is 95.7 Å². The van der Waals surface area contributed by atoms with Crippen LogP contribution in [0.4, 0.5) is 0 Å². The number of nitrogens with zero attached hydrogens (tertiary/aromatic N) is 4. The molecule has 1 unspecified atom stereocenters. The Balaban J connectivity index is 1.39. The van der Waals surface area contributed by atoms with E-state index in [2.05, 4.69) is 34.6 Å². The van der Waals surface area contributed by atoms with Gasteiger partial charge in [0.25, 0.3) is 5.91 Å². The summed E-state index contributed by atoms with van der Waals surface area (Å²) < 4.78 is 1.78. The zero-order valence-corrected chi connectivity index (χ0v) is 18.3. The summed E-state index contributed by atoms with van der Waals surface area (Å²) in [5, 5.41) is 9.35. The maximum absolute atomic E-state index is 13.2. The molecule has 160 valence electrons. The molecule has 5 nitrogen and oxygen atoms in total. The molecule has 1 aromatic heterocycles. The molecule has 0 spiro atoms. The van der Waals surface area contributed by atoms with Gasteiger partial charge in [0.05, 0.1) is 6.20 Å². The van der Waals surface area contributed by atoms with E-state index in [9.17, 15) is 4.79 Å². The van der Waals surface area contributed by atoms with E-state index >= 15 is 0 Å². The Morgan fingerprint density at radius 3 is 2.19 bits per heavy atom. The Bertz CT molecular complexity index is 1170. The van der Waals surface area contributed by atoms with Crippen molar-refractivity contribution in [3.63, 3.8) is 0 Å².